The fourth-order valence-electron chi connectivity index (χ4n) is 4.72. The zero-order valence-corrected chi connectivity index (χ0v) is 17.0. The van der Waals surface area contributed by atoms with Crippen LogP contribution < -0.4 is 4.74 Å². The van der Waals surface area contributed by atoms with Crippen molar-refractivity contribution in [3.05, 3.63) is 65.5 Å². The number of amides is 1. The van der Waals surface area contributed by atoms with Crippen LogP contribution in [-0.4, -0.2) is 55.5 Å². The number of likely N-dealkylation sites (tertiary alicyclic amines) is 2. The quantitative estimate of drug-likeness (QED) is 0.760. The Morgan fingerprint density at radius 3 is 2.55 bits per heavy atom. The van der Waals surface area contributed by atoms with E-state index in [0.29, 0.717) is 18.0 Å². The normalized spacial score (nSPS) is 22.6. The molecule has 2 unspecified atom stereocenters. The summed E-state index contributed by atoms with van der Waals surface area (Å²) in [4.78, 5) is 17.5. The molecule has 2 heterocycles. The van der Waals surface area contributed by atoms with E-state index in [0.717, 1.165) is 31.9 Å². The van der Waals surface area contributed by atoms with Crippen molar-refractivity contribution in [3.8, 4) is 5.75 Å². The van der Waals surface area contributed by atoms with Gasteiger partial charge < -0.3 is 14.5 Å². The average Bonchev–Trinajstić information content (AvgIpc) is 3.18. The first-order valence-corrected chi connectivity index (χ1v) is 10.5. The average molecular weight is 397 g/mol. The van der Waals surface area contributed by atoms with Gasteiger partial charge in [-0.15, -0.1) is 0 Å². The monoisotopic (exact) mass is 396 g/mol. The molecule has 0 saturated carbocycles. The standard InChI is InChI=1S/C24H29FN2O2/c1-29-22-7-5-6-19(14-22)23-17-27(24(28)18-8-10-21(25)11-9-18)16-20(23)15-26-12-3-2-4-13-26/h5-11,14,20,23H,2-4,12-13,15-17H2,1H3. The summed E-state index contributed by atoms with van der Waals surface area (Å²) < 4.78 is 18.7. The van der Waals surface area contributed by atoms with Gasteiger partial charge in [-0.3, -0.25) is 4.79 Å². The van der Waals surface area contributed by atoms with Crippen molar-refractivity contribution < 1.29 is 13.9 Å². The van der Waals surface area contributed by atoms with Gasteiger partial charge in [-0.25, -0.2) is 4.39 Å². The molecule has 2 aromatic carbocycles. The number of halogens is 1. The number of carbonyl (C=O) groups excluding carboxylic acids is 1. The van der Waals surface area contributed by atoms with Gasteiger partial charge in [0, 0.05) is 31.1 Å². The lowest BCUT2D eigenvalue weighted by atomic mass is 9.88. The van der Waals surface area contributed by atoms with Gasteiger partial charge in [0.15, 0.2) is 0 Å². The SMILES string of the molecule is COc1cccc(C2CN(C(=O)c3ccc(F)cc3)CC2CN2CCCCC2)c1. The second-order valence-electron chi connectivity index (χ2n) is 8.22. The van der Waals surface area contributed by atoms with E-state index >= 15 is 0 Å². The van der Waals surface area contributed by atoms with Crippen molar-refractivity contribution in [2.75, 3.05) is 39.8 Å². The molecule has 0 radical (unpaired) electrons. The Balaban J connectivity index is 1.55. The van der Waals surface area contributed by atoms with E-state index in [1.54, 1.807) is 19.2 Å². The molecule has 2 aromatic rings. The molecule has 0 N–H and O–H groups in total. The Morgan fingerprint density at radius 2 is 1.83 bits per heavy atom. The first-order valence-electron chi connectivity index (χ1n) is 10.5. The zero-order valence-electron chi connectivity index (χ0n) is 17.0. The number of ether oxygens (including phenoxy) is 1. The van der Waals surface area contributed by atoms with Crippen LogP contribution in [0.1, 0.15) is 41.1 Å². The Morgan fingerprint density at radius 1 is 1.07 bits per heavy atom. The van der Waals surface area contributed by atoms with Crippen LogP contribution in [-0.2, 0) is 0 Å². The predicted molar refractivity (Wildman–Crippen MR) is 112 cm³/mol. The van der Waals surface area contributed by atoms with Crippen molar-refractivity contribution in [3.63, 3.8) is 0 Å². The Bertz CT molecular complexity index is 833. The largest absolute Gasteiger partial charge is 0.497 e. The highest BCUT2D eigenvalue weighted by Gasteiger charge is 2.37. The number of benzene rings is 2. The van der Waals surface area contributed by atoms with Crippen molar-refractivity contribution in [1.82, 2.24) is 9.80 Å². The maximum absolute atomic E-state index is 13.3. The number of carbonyl (C=O) groups is 1. The molecule has 4 rings (SSSR count). The minimum atomic E-state index is -0.319. The number of piperidine rings is 1. The summed E-state index contributed by atoms with van der Waals surface area (Å²) in [5.41, 5.74) is 1.77. The third kappa shape index (κ3) is 4.61. The number of hydrogen-bond acceptors (Lipinski definition) is 3. The first-order chi connectivity index (χ1) is 14.1. The van der Waals surface area contributed by atoms with Crippen molar-refractivity contribution in [2.45, 2.75) is 25.2 Å². The van der Waals surface area contributed by atoms with E-state index in [2.05, 4.69) is 17.0 Å². The van der Waals surface area contributed by atoms with E-state index < -0.39 is 0 Å². The molecule has 0 bridgehead atoms. The maximum atomic E-state index is 13.3. The highest BCUT2D eigenvalue weighted by Crippen LogP contribution is 2.36. The minimum absolute atomic E-state index is 0.0148. The van der Waals surface area contributed by atoms with Gasteiger partial charge in [0.25, 0.3) is 5.91 Å². The first kappa shape index (κ1) is 19.9. The summed E-state index contributed by atoms with van der Waals surface area (Å²) >= 11 is 0. The van der Waals surface area contributed by atoms with E-state index in [1.807, 2.05) is 17.0 Å². The lowest BCUT2D eigenvalue weighted by Gasteiger charge is -2.31. The summed E-state index contributed by atoms with van der Waals surface area (Å²) in [6.45, 7) is 4.71. The molecular weight excluding hydrogens is 367 g/mol. The summed E-state index contributed by atoms with van der Waals surface area (Å²) in [6.07, 6.45) is 3.83. The predicted octanol–water partition coefficient (Wildman–Crippen LogP) is 4.18. The molecule has 2 fully saturated rings. The molecule has 2 aliphatic heterocycles. The van der Waals surface area contributed by atoms with Crippen LogP contribution in [0.4, 0.5) is 4.39 Å². The van der Waals surface area contributed by atoms with Gasteiger partial charge in [0.1, 0.15) is 11.6 Å². The summed E-state index contributed by atoms with van der Waals surface area (Å²) in [7, 11) is 1.68. The lowest BCUT2D eigenvalue weighted by Crippen LogP contribution is -2.36. The van der Waals surface area contributed by atoms with E-state index in [1.165, 1.54) is 37.0 Å². The fraction of sp³-hybridized carbons (Fsp3) is 0.458. The minimum Gasteiger partial charge on any atom is -0.497 e. The molecule has 2 aliphatic rings. The van der Waals surface area contributed by atoms with Crippen LogP contribution in [0.5, 0.6) is 5.75 Å². The van der Waals surface area contributed by atoms with Crippen molar-refractivity contribution in [1.29, 1.82) is 0 Å². The molecular formula is C24H29FN2O2. The highest BCUT2D eigenvalue weighted by atomic mass is 19.1. The van der Waals surface area contributed by atoms with Crippen LogP contribution >= 0.6 is 0 Å². The fourth-order valence-corrected chi connectivity index (χ4v) is 4.72. The Kier molecular flexibility index (Phi) is 6.14. The molecule has 4 nitrogen and oxygen atoms in total. The van der Waals surface area contributed by atoms with Crippen LogP contribution in [0.15, 0.2) is 48.5 Å². The highest BCUT2D eigenvalue weighted by molar-refractivity contribution is 5.94. The molecule has 0 spiro atoms. The maximum Gasteiger partial charge on any atom is 0.253 e. The Hall–Kier alpha value is -2.40. The van der Waals surface area contributed by atoms with Gasteiger partial charge in [0.05, 0.1) is 7.11 Å². The molecule has 5 heteroatoms. The molecule has 29 heavy (non-hydrogen) atoms. The molecule has 1 amide bonds. The van der Waals surface area contributed by atoms with Gasteiger partial charge >= 0.3 is 0 Å². The van der Waals surface area contributed by atoms with E-state index in [-0.39, 0.29) is 17.6 Å². The van der Waals surface area contributed by atoms with Crippen molar-refractivity contribution >= 4 is 5.91 Å². The summed E-state index contributed by atoms with van der Waals surface area (Å²) in [5, 5.41) is 0. The number of hydrogen-bond donors (Lipinski definition) is 0. The van der Waals surface area contributed by atoms with E-state index in [9.17, 15) is 9.18 Å². The third-order valence-electron chi connectivity index (χ3n) is 6.28. The van der Waals surface area contributed by atoms with Crippen molar-refractivity contribution in [2.24, 2.45) is 5.92 Å². The smallest absolute Gasteiger partial charge is 0.253 e. The number of nitrogens with zero attached hydrogens (tertiary/aromatic N) is 2. The van der Waals surface area contributed by atoms with Crippen LogP contribution in [0.3, 0.4) is 0 Å². The third-order valence-corrected chi connectivity index (χ3v) is 6.28. The second kappa shape index (κ2) is 8.95. The number of methoxy groups -OCH3 is 1. The Labute approximate surface area is 172 Å². The summed E-state index contributed by atoms with van der Waals surface area (Å²) in [6, 6.07) is 14.1. The second-order valence-corrected chi connectivity index (χ2v) is 8.22. The van der Waals surface area contributed by atoms with Gasteiger partial charge in [-0.05, 0) is 73.8 Å². The van der Waals surface area contributed by atoms with Crippen LogP contribution in [0, 0.1) is 11.7 Å². The van der Waals surface area contributed by atoms with E-state index in [4.69, 9.17) is 4.74 Å². The van der Waals surface area contributed by atoms with Crippen LogP contribution in [0.25, 0.3) is 0 Å². The molecule has 2 atom stereocenters. The number of rotatable bonds is 5. The molecule has 0 aromatic heterocycles. The van der Waals surface area contributed by atoms with Gasteiger partial charge in [-0.1, -0.05) is 18.6 Å². The molecule has 0 aliphatic carbocycles. The lowest BCUT2D eigenvalue weighted by molar-refractivity contribution is 0.0781. The molecule has 154 valence electrons. The van der Waals surface area contributed by atoms with Crippen LogP contribution in [0.2, 0.25) is 0 Å². The summed E-state index contributed by atoms with van der Waals surface area (Å²) in [5.74, 6) is 1.17. The topological polar surface area (TPSA) is 32.8 Å². The zero-order chi connectivity index (χ0) is 20.2. The molecule has 2 saturated heterocycles. The van der Waals surface area contributed by atoms with Gasteiger partial charge in [0.2, 0.25) is 0 Å². The van der Waals surface area contributed by atoms with Gasteiger partial charge in [-0.2, -0.15) is 0 Å².